The standard InChI is InChI=1S/C23H38O4S2/c1-6-25-16-22(4,5)19(24)8-7-17-9-10-23(26-14-21(2,3)15-27-23)18(17)13-20-28-11-12-29-20/h7-8,17-18,20H,6,9-16H2,1-5H3. The Kier molecular flexibility index (Phi) is 7.86. The summed E-state index contributed by atoms with van der Waals surface area (Å²) in [5.74, 6) is 2.76. The van der Waals surface area contributed by atoms with Gasteiger partial charge in [0, 0.05) is 35.9 Å². The Balaban J connectivity index is 1.72. The Morgan fingerprint density at radius 3 is 2.48 bits per heavy atom. The number of rotatable bonds is 8. The van der Waals surface area contributed by atoms with E-state index in [4.69, 9.17) is 14.2 Å². The lowest BCUT2D eigenvalue weighted by molar-refractivity contribution is -0.315. The summed E-state index contributed by atoms with van der Waals surface area (Å²) in [6.45, 7) is 12.9. The Morgan fingerprint density at radius 1 is 1.21 bits per heavy atom. The molecule has 0 aromatic heterocycles. The molecule has 4 nitrogen and oxygen atoms in total. The Morgan fingerprint density at radius 2 is 1.86 bits per heavy atom. The summed E-state index contributed by atoms with van der Waals surface area (Å²) in [5, 5.41) is 0. The van der Waals surface area contributed by atoms with Gasteiger partial charge >= 0.3 is 0 Å². The van der Waals surface area contributed by atoms with Crippen molar-refractivity contribution in [2.24, 2.45) is 22.7 Å². The van der Waals surface area contributed by atoms with Gasteiger partial charge in [0.2, 0.25) is 0 Å². The molecule has 0 aromatic rings. The van der Waals surface area contributed by atoms with Crippen LogP contribution in [0.25, 0.3) is 0 Å². The molecule has 1 aliphatic carbocycles. The van der Waals surface area contributed by atoms with Crippen LogP contribution in [-0.2, 0) is 19.0 Å². The van der Waals surface area contributed by atoms with E-state index in [0.29, 0.717) is 29.6 Å². The first-order chi connectivity index (χ1) is 13.7. The molecule has 2 saturated heterocycles. The van der Waals surface area contributed by atoms with Crippen molar-refractivity contribution in [2.75, 3.05) is 37.9 Å². The number of allylic oxidation sites excluding steroid dienone is 2. The van der Waals surface area contributed by atoms with Gasteiger partial charge in [-0.15, -0.1) is 23.5 Å². The molecule has 3 aliphatic rings. The van der Waals surface area contributed by atoms with Crippen LogP contribution in [0.2, 0.25) is 0 Å². The largest absolute Gasteiger partial charge is 0.381 e. The molecule has 166 valence electrons. The fourth-order valence-corrected chi connectivity index (χ4v) is 7.30. The summed E-state index contributed by atoms with van der Waals surface area (Å²) in [6, 6.07) is 0. The van der Waals surface area contributed by atoms with E-state index >= 15 is 0 Å². The van der Waals surface area contributed by atoms with Gasteiger partial charge in [-0.2, -0.15) is 0 Å². The second kappa shape index (κ2) is 9.64. The first kappa shape index (κ1) is 23.6. The second-order valence-corrected chi connectivity index (χ2v) is 12.9. The molecule has 2 atom stereocenters. The maximum Gasteiger partial charge on any atom is 0.171 e. The zero-order valence-electron chi connectivity index (χ0n) is 18.7. The minimum atomic E-state index is -0.489. The molecule has 2 aliphatic heterocycles. The molecule has 0 bridgehead atoms. The lowest BCUT2D eigenvalue weighted by Gasteiger charge is -2.45. The number of hydrogen-bond donors (Lipinski definition) is 0. The average molecular weight is 443 g/mol. The molecular formula is C23H38O4S2. The molecule has 2 unspecified atom stereocenters. The van der Waals surface area contributed by atoms with Crippen molar-refractivity contribution in [3.63, 3.8) is 0 Å². The van der Waals surface area contributed by atoms with E-state index < -0.39 is 11.2 Å². The molecule has 1 spiro atoms. The van der Waals surface area contributed by atoms with Gasteiger partial charge in [0.25, 0.3) is 0 Å². The maximum atomic E-state index is 12.8. The van der Waals surface area contributed by atoms with Gasteiger partial charge in [-0.05, 0) is 31.8 Å². The van der Waals surface area contributed by atoms with E-state index in [9.17, 15) is 4.79 Å². The van der Waals surface area contributed by atoms with E-state index in [1.807, 2.05) is 20.8 Å². The molecule has 0 radical (unpaired) electrons. The Labute approximate surface area is 185 Å². The lowest BCUT2D eigenvalue weighted by atomic mass is 9.85. The topological polar surface area (TPSA) is 44.8 Å². The summed E-state index contributed by atoms with van der Waals surface area (Å²) >= 11 is 4.12. The molecule has 6 heteroatoms. The number of hydrogen-bond acceptors (Lipinski definition) is 6. The van der Waals surface area contributed by atoms with Crippen molar-refractivity contribution in [3.8, 4) is 0 Å². The lowest BCUT2D eigenvalue weighted by Crippen LogP contribution is -2.50. The Bertz CT molecular complexity index is 586. The second-order valence-electron chi connectivity index (χ2n) is 10.0. The monoisotopic (exact) mass is 442 g/mol. The molecule has 3 rings (SSSR count). The minimum absolute atomic E-state index is 0.0693. The summed E-state index contributed by atoms with van der Waals surface area (Å²) in [5.41, 5.74) is -0.419. The van der Waals surface area contributed by atoms with Crippen LogP contribution in [0.15, 0.2) is 12.2 Å². The Hall–Kier alpha value is -0.0100. The van der Waals surface area contributed by atoms with Crippen molar-refractivity contribution in [1.82, 2.24) is 0 Å². The van der Waals surface area contributed by atoms with Crippen LogP contribution in [-0.4, -0.2) is 54.1 Å². The van der Waals surface area contributed by atoms with Crippen LogP contribution >= 0.6 is 23.5 Å². The van der Waals surface area contributed by atoms with Crippen LogP contribution in [0.1, 0.15) is 53.9 Å². The van der Waals surface area contributed by atoms with Crippen molar-refractivity contribution in [2.45, 2.75) is 64.3 Å². The quantitative estimate of drug-likeness (QED) is 0.484. The van der Waals surface area contributed by atoms with Crippen LogP contribution in [0.3, 0.4) is 0 Å². The summed E-state index contributed by atoms with van der Waals surface area (Å²) < 4.78 is 19.0. The highest BCUT2D eigenvalue weighted by Gasteiger charge is 2.53. The SMILES string of the molecule is CCOCC(C)(C)C(=O)C=CC1CCC2(OCC(C)(C)CO2)C1CC1SCCS1. The van der Waals surface area contributed by atoms with Crippen LogP contribution in [0, 0.1) is 22.7 Å². The highest BCUT2D eigenvalue weighted by molar-refractivity contribution is 8.20. The van der Waals surface area contributed by atoms with Gasteiger partial charge in [-0.1, -0.05) is 33.8 Å². The van der Waals surface area contributed by atoms with Crippen molar-refractivity contribution < 1.29 is 19.0 Å². The van der Waals surface area contributed by atoms with E-state index in [2.05, 4.69) is 43.4 Å². The molecular weight excluding hydrogens is 404 g/mol. The number of carbonyl (C=O) groups is 1. The third-order valence-corrected chi connectivity index (χ3v) is 9.37. The fourth-order valence-electron chi connectivity index (χ4n) is 4.36. The molecule has 1 saturated carbocycles. The number of ketones is 1. The minimum Gasteiger partial charge on any atom is -0.381 e. The fraction of sp³-hybridized carbons (Fsp3) is 0.870. The predicted octanol–water partition coefficient (Wildman–Crippen LogP) is 5.17. The van der Waals surface area contributed by atoms with Crippen LogP contribution < -0.4 is 0 Å². The van der Waals surface area contributed by atoms with E-state index in [1.54, 1.807) is 6.08 Å². The molecule has 29 heavy (non-hydrogen) atoms. The first-order valence-electron chi connectivity index (χ1n) is 11.0. The zero-order valence-corrected chi connectivity index (χ0v) is 20.3. The molecule has 2 heterocycles. The van der Waals surface area contributed by atoms with Gasteiger partial charge in [-0.25, -0.2) is 0 Å². The first-order valence-corrected chi connectivity index (χ1v) is 13.1. The number of ether oxygens (including phenoxy) is 3. The third kappa shape index (κ3) is 5.82. The normalized spacial score (nSPS) is 29.8. The number of thioether (sulfide) groups is 2. The van der Waals surface area contributed by atoms with E-state index in [-0.39, 0.29) is 11.2 Å². The van der Waals surface area contributed by atoms with Gasteiger partial charge in [0.15, 0.2) is 11.6 Å². The summed E-state index contributed by atoms with van der Waals surface area (Å²) in [7, 11) is 0. The molecule has 3 fully saturated rings. The van der Waals surface area contributed by atoms with Crippen molar-refractivity contribution in [1.29, 1.82) is 0 Å². The predicted molar refractivity (Wildman–Crippen MR) is 122 cm³/mol. The summed E-state index contributed by atoms with van der Waals surface area (Å²) in [4.78, 5) is 12.8. The van der Waals surface area contributed by atoms with Crippen molar-refractivity contribution >= 4 is 29.3 Å². The molecule has 0 aromatic carbocycles. The number of carbonyl (C=O) groups excluding carboxylic acids is 1. The summed E-state index contributed by atoms with van der Waals surface area (Å²) in [6.07, 6.45) is 6.97. The van der Waals surface area contributed by atoms with E-state index in [0.717, 1.165) is 32.5 Å². The van der Waals surface area contributed by atoms with Gasteiger partial charge in [-0.3, -0.25) is 4.79 Å². The highest BCUT2D eigenvalue weighted by atomic mass is 32.2. The average Bonchev–Trinajstić information content (AvgIpc) is 3.30. The van der Waals surface area contributed by atoms with Crippen molar-refractivity contribution in [3.05, 3.63) is 12.2 Å². The van der Waals surface area contributed by atoms with Crippen LogP contribution in [0.5, 0.6) is 0 Å². The van der Waals surface area contributed by atoms with Gasteiger partial charge in [0.1, 0.15) is 0 Å². The zero-order chi connectivity index (χ0) is 21.1. The molecule has 0 amide bonds. The van der Waals surface area contributed by atoms with Crippen LogP contribution in [0.4, 0.5) is 0 Å². The smallest absolute Gasteiger partial charge is 0.171 e. The van der Waals surface area contributed by atoms with Gasteiger partial charge < -0.3 is 14.2 Å². The molecule has 0 N–H and O–H groups in total. The van der Waals surface area contributed by atoms with Gasteiger partial charge in [0.05, 0.1) is 29.8 Å². The highest BCUT2D eigenvalue weighted by Crippen LogP contribution is 2.52. The maximum absolute atomic E-state index is 12.8. The van der Waals surface area contributed by atoms with E-state index in [1.165, 1.54) is 11.5 Å². The third-order valence-electron chi connectivity index (χ3n) is 6.29.